The molecule has 2 aliphatic heterocycles. The Kier molecular flexibility index (Phi) is 10.7. The van der Waals surface area contributed by atoms with Crippen LogP contribution in [0.15, 0.2) is 0 Å². The van der Waals surface area contributed by atoms with E-state index in [1.165, 1.54) is 8.61 Å². The number of carboxylic acid groups (broad SMARTS) is 2. The molecule has 2 rings (SSSR count). The lowest BCUT2D eigenvalue weighted by Gasteiger charge is -2.40. The molecule has 0 aliphatic carbocycles. The molecule has 2 aliphatic rings. The highest BCUT2D eigenvalue weighted by molar-refractivity contribution is 7.86. The summed E-state index contributed by atoms with van der Waals surface area (Å²) in [5, 5.41) is 37.8. The molecule has 0 bridgehead atoms. The number of nitrogens with one attached hydrogen (secondary N) is 1. The fourth-order valence-electron chi connectivity index (χ4n) is 3.62. The van der Waals surface area contributed by atoms with E-state index in [1.807, 2.05) is 13.8 Å². The maximum atomic E-state index is 13.2. The van der Waals surface area contributed by atoms with E-state index in [4.69, 9.17) is 25.7 Å². The minimum absolute atomic E-state index is 0.0153. The first kappa shape index (κ1) is 30.5. The van der Waals surface area contributed by atoms with Crippen molar-refractivity contribution in [1.82, 2.24) is 13.9 Å². The van der Waals surface area contributed by atoms with Gasteiger partial charge in [-0.05, 0) is 18.7 Å². The van der Waals surface area contributed by atoms with Gasteiger partial charge in [-0.2, -0.15) is 30.2 Å². The molecule has 17 heteroatoms. The third kappa shape index (κ3) is 8.03. The summed E-state index contributed by atoms with van der Waals surface area (Å²) < 4.78 is 60.8. The maximum absolute atomic E-state index is 13.2. The largest absolute Gasteiger partial charge is 0.490 e. The summed E-state index contributed by atoms with van der Waals surface area (Å²) in [6.45, 7) is 5.11. The average Bonchev–Trinajstić information content (AvgIpc) is 2.98. The molecule has 0 spiro atoms. The van der Waals surface area contributed by atoms with Gasteiger partial charge >= 0.3 is 25.2 Å². The van der Waals surface area contributed by atoms with Crippen molar-refractivity contribution >= 4 is 29.3 Å². The molecule has 198 valence electrons. The second-order valence-electron chi connectivity index (χ2n) is 8.83. The van der Waals surface area contributed by atoms with E-state index in [0.29, 0.717) is 32.5 Å². The van der Waals surface area contributed by atoms with Gasteiger partial charge in [0.2, 0.25) is 0 Å². The molecule has 0 saturated carbocycles. The Morgan fingerprint density at radius 2 is 1.79 bits per heavy atom. The second-order valence-corrected chi connectivity index (χ2v) is 10.7. The molecule has 2 atom stereocenters. The van der Waals surface area contributed by atoms with Crippen LogP contribution >= 0.6 is 0 Å². The first-order chi connectivity index (χ1) is 15.4. The summed E-state index contributed by atoms with van der Waals surface area (Å²) >= 11 is 0. The topological polar surface area (TPSA) is 194 Å². The van der Waals surface area contributed by atoms with E-state index in [-0.39, 0.29) is 31.4 Å². The van der Waals surface area contributed by atoms with Crippen LogP contribution in [0.2, 0.25) is 6.32 Å². The van der Waals surface area contributed by atoms with Gasteiger partial charge in [-0.15, -0.1) is 0 Å². The van der Waals surface area contributed by atoms with Crippen molar-refractivity contribution in [3.8, 4) is 0 Å². The van der Waals surface area contributed by atoms with Gasteiger partial charge in [0, 0.05) is 38.6 Å². The zero-order valence-electron chi connectivity index (χ0n) is 18.9. The Bertz CT molecular complexity index is 813. The van der Waals surface area contributed by atoms with Crippen LogP contribution in [-0.4, -0.2) is 107 Å². The van der Waals surface area contributed by atoms with Gasteiger partial charge in [0.25, 0.3) is 10.2 Å². The molecule has 34 heavy (non-hydrogen) atoms. The number of alkyl halides is 3. The average molecular weight is 520 g/mol. The van der Waals surface area contributed by atoms with Gasteiger partial charge in [-0.3, -0.25) is 4.79 Å². The number of halogens is 3. The molecule has 7 N–H and O–H groups in total. The van der Waals surface area contributed by atoms with E-state index in [9.17, 15) is 31.5 Å². The van der Waals surface area contributed by atoms with Crippen LogP contribution in [0.1, 0.15) is 26.7 Å². The fourth-order valence-corrected chi connectivity index (χ4v) is 5.68. The summed E-state index contributed by atoms with van der Waals surface area (Å²) in [6.07, 6.45) is -4.33. The molecule has 0 unspecified atom stereocenters. The molecule has 2 saturated heterocycles. The maximum Gasteiger partial charge on any atom is 0.490 e. The van der Waals surface area contributed by atoms with Crippen molar-refractivity contribution in [1.29, 1.82) is 0 Å². The van der Waals surface area contributed by atoms with Crippen molar-refractivity contribution < 1.29 is 51.4 Å². The third-order valence-electron chi connectivity index (χ3n) is 5.58. The second kappa shape index (κ2) is 12.0. The lowest BCUT2D eigenvalue weighted by Crippen LogP contribution is -2.62. The predicted molar refractivity (Wildman–Crippen MR) is 115 cm³/mol. The van der Waals surface area contributed by atoms with Crippen molar-refractivity contribution in [2.75, 3.05) is 32.7 Å². The highest BCUT2D eigenvalue weighted by Crippen LogP contribution is 2.34. The quantitative estimate of drug-likeness (QED) is 0.190. The number of aliphatic carboxylic acids is 2. The zero-order chi connectivity index (χ0) is 26.5. The molecule has 0 aromatic heterocycles. The zero-order valence-corrected chi connectivity index (χ0v) is 19.7. The fraction of sp³-hybridized carbons (Fsp3) is 0.882. The molecule has 12 nitrogen and oxygen atoms in total. The molecule has 0 radical (unpaired) electrons. The predicted octanol–water partition coefficient (Wildman–Crippen LogP) is -1.24. The monoisotopic (exact) mass is 520 g/mol. The number of carbonyl (C=O) groups is 2. The van der Waals surface area contributed by atoms with Crippen molar-refractivity contribution in [3.63, 3.8) is 0 Å². The van der Waals surface area contributed by atoms with Gasteiger partial charge < -0.3 is 31.3 Å². The first-order valence-corrected chi connectivity index (χ1v) is 12.0. The lowest BCUT2D eigenvalue weighted by atomic mass is 9.78. The van der Waals surface area contributed by atoms with Crippen LogP contribution in [-0.2, 0) is 19.8 Å². The molecule has 0 aromatic rings. The van der Waals surface area contributed by atoms with Crippen LogP contribution in [0.4, 0.5) is 13.2 Å². The smallest absolute Gasteiger partial charge is 0.480 e. The van der Waals surface area contributed by atoms with E-state index >= 15 is 0 Å². The highest BCUT2D eigenvalue weighted by Gasteiger charge is 2.54. The minimum atomic E-state index is -5.08. The van der Waals surface area contributed by atoms with Crippen molar-refractivity contribution in [2.45, 2.75) is 50.8 Å². The molecule has 2 heterocycles. The van der Waals surface area contributed by atoms with Gasteiger partial charge in [0.05, 0.1) is 6.04 Å². The van der Waals surface area contributed by atoms with Crippen molar-refractivity contribution in [3.05, 3.63) is 0 Å². The molecular formula is C17H32BF3N4O8S. The highest BCUT2D eigenvalue weighted by atomic mass is 32.2. The number of hydrogen-bond donors (Lipinski definition) is 6. The van der Waals surface area contributed by atoms with Crippen LogP contribution in [0.3, 0.4) is 0 Å². The first-order valence-electron chi connectivity index (χ1n) is 10.6. The van der Waals surface area contributed by atoms with E-state index in [0.717, 1.165) is 0 Å². The lowest BCUT2D eigenvalue weighted by molar-refractivity contribution is -0.192. The normalized spacial score (nSPS) is 24.0. The van der Waals surface area contributed by atoms with E-state index < -0.39 is 46.9 Å². The molecule has 2 fully saturated rings. The van der Waals surface area contributed by atoms with Gasteiger partial charge in [-0.25, -0.2) is 4.79 Å². The number of nitrogens with two attached hydrogens (primary N) is 1. The summed E-state index contributed by atoms with van der Waals surface area (Å²) in [5.41, 5.74) is 4.43. The Morgan fingerprint density at radius 3 is 2.15 bits per heavy atom. The Balaban J connectivity index is 0.000000718. The Morgan fingerprint density at radius 1 is 1.26 bits per heavy atom. The Labute approximate surface area is 196 Å². The number of hydrogen-bond acceptors (Lipinski definition) is 8. The number of nitrogens with zero attached hydrogens (tertiary/aromatic N) is 2. The van der Waals surface area contributed by atoms with Crippen LogP contribution < -0.4 is 11.1 Å². The third-order valence-corrected chi connectivity index (χ3v) is 7.55. The van der Waals surface area contributed by atoms with Gasteiger partial charge in [0.1, 0.15) is 5.54 Å². The minimum Gasteiger partial charge on any atom is -0.480 e. The van der Waals surface area contributed by atoms with Crippen molar-refractivity contribution in [2.24, 2.45) is 17.6 Å². The molecule has 0 aromatic carbocycles. The van der Waals surface area contributed by atoms with E-state index in [2.05, 4.69) is 5.32 Å². The van der Waals surface area contributed by atoms with Crippen LogP contribution in [0, 0.1) is 11.8 Å². The number of carboxylic acids is 2. The summed E-state index contributed by atoms with van der Waals surface area (Å²) in [5.74, 6) is -4.46. The van der Waals surface area contributed by atoms with Gasteiger partial charge in [0.15, 0.2) is 0 Å². The molecular weight excluding hydrogens is 488 g/mol. The van der Waals surface area contributed by atoms with E-state index in [1.54, 1.807) is 0 Å². The van der Waals surface area contributed by atoms with Crippen LogP contribution in [0.5, 0.6) is 0 Å². The van der Waals surface area contributed by atoms with Crippen LogP contribution in [0.25, 0.3) is 0 Å². The number of rotatable bonds is 10. The van der Waals surface area contributed by atoms with Gasteiger partial charge in [-0.1, -0.05) is 20.3 Å². The summed E-state index contributed by atoms with van der Waals surface area (Å²) in [6, 6.07) is -0.141. The standard InChI is InChI=1S/C15H31BN4O6S.C2HF3O2/c1-11(2)8-20(13-6-18-7-13)27(25,26)19-9-12(4-3-5-16(23)24)15(17,10-19)14(21)22;3-2(4,5)1(6)7/h11-13,18,23-24H,3-10,17H2,1-2H3,(H,21,22);(H,6,7)/t12-,15-;/m0./s1. The Hall–Kier alpha value is -1.50. The summed E-state index contributed by atoms with van der Waals surface area (Å²) in [7, 11) is -5.33. The summed E-state index contributed by atoms with van der Waals surface area (Å²) in [4.78, 5) is 20.7. The molecule has 0 amide bonds. The SMILES string of the molecule is CC(C)CN(C1CNC1)S(=O)(=O)N1C[C@H](CCCB(O)O)[C@](N)(C(=O)O)C1.O=C(O)C(F)(F)F.